The Morgan fingerprint density at radius 3 is 2.56 bits per heavy atom. The van der Waals surface area contributed by atoms with Crippen LogP contribution in [0.25, 0.3) is 0 Å². The van der Waals surface area contributed by atoms with Crippen LogP contribution in [0.5, 0.6) is 5.75 Å². The van der Waals surface area contributed by atoms with E-state index >= 15 is 0 Å². The molecule has 0 bridgehead atoms. The SMILES string of the molecule is COc1ccccc1NC(=O)C1CCN(C(=O)c2ccc(F)cc2I)CC1. The van der Waals surface area contributed by atoms with Crippen molar-refractivity contribution in [1.82, 2.24) is 4.90 Å². The Hall–Kier alpha value is -2.16. The molecule has 2 amide bonds. The van der Waals surface area contributed by atoms with E-state index in [4.69, 9.17) is 4.74 Å². The number of rotatable bonds is 4. The first-order chi connectivity index (χ1) is 13.0. The molecule has 0 saturated carbocycles. The van der Waals surface area contributed by atoms with Crippen LogP contribution in [0.15, 0.2) is 42.5 Å². The first-order valence-corrected chi connectivity index (χ1v) is 9.75. The molecule has 1 N–H and O–H groups in total. The van der Waals surface area contributed by atoms with Gasteiger partial charge >= 0.3 is 0 Å². The van der Waals surface area contributed by atoms with Crippen molar-refractivity contribution in [3.05, 3.63) is 57.4 Å². The third-order valence-electron chi connectivity index (χ3n) is 4.68. The van der Waals surface area contributed by atoms with E-state index in [0.717, 1.165) is 0 Å². The number of hydrogen-bond donors (Lipinski definition) is 1. The molecule has 7 heteroatoms. The molecule has 1 aliphatic heterocycles. The molecule has 142 valence electrons. The van der Waals surface area contributed by atoms with Crippen molar-refractivity contribution in [2.75, 3.05) is 25.5 Å². The normalized spacial score (nSPS) is 14.7. The summed E-state index contributed by atoms with van der Waals surface area (Å²) in [6, 6.07) is 11.4. The van der Waals surface area contributed by atoms with Gasteiger partial charge in [-0.3, -0.25) is 9.59 Å². The summed E-state index contributed by atoms with van der Waals surface area (Å²) >= 11 is 1.97. The summed E-state index contributed by atoms with van der Waals surface area (Å²) in [6.07, 6.45) is 1.18. The van der Waals surface area contributed by atoms with E-state index in [-0.39, 0.29) is 23.5 Å². The number of carbonyl (C=O) groups is 2. The predicted molar refractivity (Wildman–Crippen MR) is 109 cm³/mol. The summed E-state index contributed by atoms with van der Waals surface area (Å²) in [4.78, 5) is 26.9. The average molecular weight is 482 g/mol. The number of ether oxygens (including phenoxy) is 1. The van der Waals surface area contributed by atoms with Crippen molar-refractivity contribution in [2.45, 2.75) is 12.8 Å². The third kappa shape index (κ3) is 4.58. The Bertz CT molecular complexity index is 851. The summed E-state index contributed by atoms with van der Waals surface area (Å²) in [5, 5.41) is 2.91. The standard InChI is InChI=1S/C20H20FIN2O3/c1-27-18-5-3-2-4-17(18)23-19(25)13-8-10-24(11-9-13)20(26)15-7-6-14(21)12-16(15)22/h2-7,12-13H,8-11H2,1H3,(H,23,25). The summed E-state index contributed by atoms with van der Waals surface area (Å²) in [6.45, 7) is 0.993. The van der Waals surface area contributed by atoms with Gasteiger partial charge in [-0.05, 0) is 65.8 Å². The fourth-order valence-electron chi connectivity index (χ4n) is 3.16. The lowest BCUT2D eigenvalue weighted by Gasteiger charge is -2.31. The van der Waals surface area contributed by atoms with Crippen molar-refractivity contribution in [2.24, 2.45) is 5.92 Å². The van der Waals surface area contributed by atoms with Crippen LogP contribution in [0.3, 0.4) is 0 Å². The Labute approximate surface area is 171 Å². The zero-order chi connectivity index (χ0) is 19.4. The molecule has 0 aromatic heterocycles. The molecular formula is C20H20FIN2O3. The van der Waals surface area contributed by atoms with Crippen molar-refractivity contribution in [3.8, 4) is 5.75 Å². The Balaban J connectivity index is 1.59. The van der Waals surface area contributed by atoms with E-state index in [2.05, 4.69) is 5.32 Å². The van der Waals surface area contributed by atoms with Gasteiger partial charge in [0.1, 0.15) is 11.6 Å². The average Bonchev–Trinajstić information content (AvgIpc) is 2.68. The quantitative estimate of drug-likeness (QED) is 0.673. The van der Waals surface area contributed by atoms with E-state index < -0.39 is 0 Å². The monoisotopic (exact) mass is 482 g/mol. The molecule has 5 nitrogen and oxygen atoms in total. The first-order valence-electron chi connectivity index (χ1n) is 8.68. The van der Waals surface area contributed by atoms with Gasteiger partial charge in [0.2, 0.25) is 5.91 Å². The summed E-state index contributed by atoms with van der Waals surface area (Å²) in [5.74, 6) is -0.0933. The van der Waals surface area contributed by atoms with Crippen LogP contribution in [0.4, 0.5) is 10.1 Å². The Morgan fingerprint density at radius 2 is 1.89 bits per heavy atom. The van der Waals surface area contributed by atoms with Crippen LogP contribution >= 0.6 is 22.6 Å². The van der Waals surface area contributed by atoms with E-state index in [9.17, 15) is 14.0 Å². The van der Waals surface area contributed by atoms with Gasteiger partial charge in [0.05, 0.1) is 18.4 Å². The lowest BCUT2D eigenvalue weighted by Crippen LogP contribution is -2.41. The van der Waals surface area contributed by atoms with Crippen molar-refractivity contribution in [1.29, 1.82) is 0 Å². The number of methoxy groups -OCH3 is 1. The van der Waals surface area contributed by atoms with Gasteiger partial charge in [-0.15, -0.1) is 0 Å². The molecule has 0 aliphatic carbocycles. The minimum absolute atomic E-state index is 0.0667. The van der Waals surface area contributed by atoms with Gasteiger partial charge in [-0.25, -0.2) is 4.39 Å². The fourth-order valence-corrected chi connectivity index (χ4v) is 3.87. The van der Waals surface area contributed by atoms with E-state index in [0.29, 0.717) is 46.5 Å². The molecule has 0 unspecified atom stereocenters. The number of piperidine rings is 1. The minimum Gasteiger partial charge on any atom is -0.495 e. The Morgan fingerprint density at radius 1 is 1.19 bits per heavy atom. The van der Waals surface area contributed by atoms with E-state index in [1.54, 1.807) is 24.1 Å². The third-order valence-corrected chi connectivity index (χ3v) is 5.57. The van der Waals surface area contributed by atoms with E-state index in [1.165, 1.54) is 18.2 Å². The number of para-hydroxylation sites is 2. The van der Waals surface area contributed by atoms with Crippen LogP contribution < -0.4 is 10.1 Å². The first kappa shape index (κ1) is 19.6. The molecule has 2 aromatic carbocycles. The second kappa shape index (κ2) is 8.69. The van der Waals surface area contributed by atoms with Crippen LogP contribution in [0.1, 0.15) is 23.2 Å². The fraction of sp³-hybridized carbons (Fsp3) is 0.300. The van der Waals surface area contributed by atoms with Gasteiger partial charge in [-0.2, -0.15) is 0 Å². The molecule has 0 atom stereocenters. The van der Waals surface area contributed by atoms with Gasteiger partial charge in [0.15, 0.2) is 0 Å². The molecule has 27 heavy (non-hydrogen) atoms. The topological polar surface area (TPSA) is 58.6 Å². The van der Waals surface area contributed by atoms with Gasteiger partial charge < -0.3 is 15.0 Å². The van der Waals surface area contributed by atoms with Crippen LogP contribution in [0.2, 0.25) is 0 Å². The van der Waals surface area contributed by atoms with Crippen molar-refractivity contribution >= 4 is 40.1 Å². The van der Waals surface area contributed by atoms with Crippen LogP contribution in [0, 0.1) is 15.3 Å². The Kier molecular flexibility index (Phi) is 6.30. The van der Waals surface area contributed by atoms with Crippen molar-refractivity contribution in [3.63, 3.8) is 0 Å². The van der Waals surface area contributed by atoms with E-state index in [1.807, 2.05) is 34.7 Å². The maximum absolute atomic E-state index is 13.2. The number of nitrogens with one attached hydrogen (secondary N) is 1. The van der Waals surface area contributed by atoms with Gasteiger partial charge in [0, 0.05) is 22.6 Å². The number of likely N-dealkylation sites (tertiary alicyclic amines) is 1. The molecule has 1 saturated heterocycles. The molecular weight excluding hydrogens is 462 g/mol. The lowest BCUT2D eigenvalue weighted by molar-refractivity contribution is -0.121. The summed E-state index contributed by atoms with van der Waals surface area (Å²) in [7, 11) is 1.56. The molecule has 1 aliphatic rings. The molecule has 0 spiro atoms. The number of benzene rings is 2. The predicted octanol–water partition coefficient (Wildman–Crippen LogP) is 3.93. The highest BCUT2D eigenvalue weighted by Gasteiger charge is 2.29. The molecule has 3 rings (SSSR count). The largest absolute Gasteiger partial charge is 0.495 e. The molecule has 1 heterocycles. The number of hydrogen-bond acceptors (Lipinski definition) is 3. The van der Waals surface area contributed by atoms with Gasteiger partial charge in [0.25, 0.3) is 5.91 Å². The van der Waals surface area contributed by atoms with Crippen molar-refractivity contribution < 1.29 is 18.7 Å². The number of nitrogens with zero attached hydrogens (tertiary/aromatic N) is 1. The zero-order valence-corrected chi connectivity index (χ0v) is 17.0. The molecule has 0 radical (unpaired) electrons. The van der Waals surface area contributed by atoms with Crippen LogP contribution in [-0.2, 0) is 4.79 Å². The minimum atomic E-state index is -0.359. The maximum atomic E-state index is 13.2. The molecule has 2 aromatic rings. The number of halogens is 2. The van der Waals surface area contributed by atoms with Gasteiger partial charge in [-0.1, -0.05) is 12.1 Å². The number of carbonyl (C=O) groups excluding carboxylic acids is 2. The summed E-state index contributed by atoms with van der Waals surface area (Å²) in [5.41, 5.74) is 1.14. The van der Waals surface area contributed by atoms with Crippen LogP contribution in [-0.4, -0.2) is 36.9 Å². The highest BCUT2D eigenvalue weighted by atomic mass is 127. The number of amides is 2. The second-order valence-corrected chi connectivity index (χ2v) is 7.54. The smallest absolute Gasteiger partial charge is 0.254 e. The maximum Gasteiger partial charge on any atom is 0.254 e. The highest BCUT2D eigenvalue weighted by Crippen LogP contribution is 2.26. The zero-order valence-electron chi connectivity index (χ0n) is 14.9. The number of anilines is 1. The molecule has 1 fully saturated rings. The second-order valence-electron chi connectivity index (χ2n) is 6.38. The summed E-state index contributed by atoms with van der Waals surface area (Å²) < 4.78 is 19.1. The lowest BCUT2D eigenvalue weighted by atomic mass is 9.95. The highest BCUT2D eigenvalue weighted by molar-refractivity contribution is 14.1.